The van der Waals surface area contributed by atoms with Crippen molar-refractivity contribution in [1.29, 1.82) is 0 Å². The van der Waals surface area contributed by atoms with Gasteiger partial charge in [0.1, 0.15) is 0 Å². The van der Waals surface area contributed by atoms with Crippen LogP contribution in [-0.2, 0) is 4.79 Å². The second kappa shape index (κ2) is 8.54. The van der Waals surface area contributed by atoms with Crippen LogP contribution in [0.5, 0.6) is 0 Å². The van der Waals surface area contributed by atoms with E-state index in [0.29, 0.717) is 30.8 Å². The van der Waals surface area contributed by atoms with Crippen LogP contribution in [-0.4, -0.2) is 43.0 Å². The summed E-state index contributed by atoms with van der Waals surface area (Å²) in [6.07, 6.45) is 3.91. The van der Waals surface area contributed by atoms with E-state index in [0.717, 1.165) is 25.9 Å². The Bertz CT molecular complexity index is 268. The highest BCUT2D eigenvalue weighted by Gasteiger charge is 2.21. The average Bonchev–Trinajstić information content (AvgIpc) is 2.37. The molecule has 1 rings (SSSR count). The maximum atomic E-state index is 12.1. The van der Waals surface area contributed by atoms with Crippen molar-refractivity contribution in [2.24, 2.45) is 17.6 Å². The number of rotatable bonds is 7. The molecule has 112 valence electrons. The Labute approximate surface area is 118 Å². The van der Waals surface area contributed by atoms with Gasteiger partial charge in [0, 0.05) is 19.0 Å². The molecule has 2 atom stereocenters. The minimum absolute atomic E-state index is 0.180. The summed E-state index contributed by atoms with van der Waals surface area (Å²) in [5.74, 6) is 1.11. The van der Waals surface area contributed by atoms with E-state index in [1.807, 2.05) is 0 Å². The van der Waals surface area contributed by atoms with Crippen molar-refractivity contribution >= 4 is 5.91 Å². The number of amides is 1. The fraction of sp³-hybridized carbons (Fsp3) is 0.933. The number of likely N-dealkylation sites (N-methyl/N-ethyl adjacent to an activating group) is 1. The van der Waals surface area contributed by atoms with Gasteiger partial charge in [0.25, 0.3) is 0 Å². The van der Waals surface area contributed by atoms with Crippen molar-refractivity contribution in [1.82, 2.24) is 10.2 Å². The van der Waals surface area contributed by atoms with Crippen molar-refractivity contribution in [3.8, 4) is 0 Å². The third kappa shape index (κ3) is 6.39. The van der Waals surface area contributed by atoms with E-state index in [1.54, 1.807) is 0 Å². The van der Waals surface area contributed by atoms with E-state index in [9.17, 15) is 4.79 Å². The molecule has 19 heavy (non-hydrogen) atoms. The first kappa shape index (κ1) is 16.4. The topological polar surface area (TPSA) is 58.4 Å². The van der Waals surface area contributed by atoms with Gasteiger partial charge < -0.3 is 16.0 Å². The van der Waals surface area contributed by atoms with Crippen LogP contribution in [0.25, 0.3) is 0 Å². The first-order valence-corrected chi connectivity index (χ1v) is 7.76. The van der Waals surface area contributed by atoms with Gasteiger partial charge in [-0.1, -0.05) is 20.8 Å². The van der Waals surface area contributed by atoms with Gasteiger partial charge in [0.15, 0.2) is 0 Å². The number of carbonyl (C=O) groups excluding carboxylic acids is 1. The summed E-state index contributed by atoms with van der Waals surface area (Å²) in [4.78, 5) is 14.5. The van der Waals surface area contributed by atoms with Crippen LogP contribution in [0, 0.1) is 11.8 Å². The van der Waals surface area contributed by atoms with Crippen molar-refractivity contribution in [2.75, 3.05) is 26.2 Å². The molecule has 0 spiro atoms. The van der Waals surface area contributed by atoms with Gasteiger partial charge in [-0.15, -0.1) is 0 Å². The maximum Gasteiger partial charge on any atom is 0.220 e. The van der Waals surface area contributed by atoms with Gasteiger partial charge in [0.05, 0.1) is 0 Å². The molecule has 1 heterocycles. The predicted molar refractivity (Wildman–Crippen MR) is 79.9 cm³/mol. The number of hydrogen-bond donors (Lipinski definition) is 2. The van der Waals surface area contributed by atoms with Crippen molar-refractivity contribution < 1.29 is 4.79 Å². The molecule has 1 aliphatic heterocycles. The second-order valence-electron chi connectivity index (χ2n) is 6.24. The molecular weight excluding hydrogens is 238 g/mol. The summed E-state index contributed by atoms with van der Waals surface area (Å²) in [5.41, 5.74) is 5.76. The SMILES string of the molecule is CCN1CCCC(NC(=O)CC(CN)CC(C)C)C1. The molecule has 1 fully saturated rings. The van der Waals surface area contributed by atoms with Crippen LogP contribution in [0.2, 0.25) is 0 Å². The summed E-state index contributed by atoms with van der Waals surface area (Å²) in [7, 11) is 0. The van der Waals surface area contributed by atoms with E-state index in [4.69, 9.17) is 5.73 Å². The van der Waals surface area contributed by atoms with Crippen LogP contribution < -0.4 is 11.1 Å². The summed E-state index contributed by atoms with van der Waals surface area (Å²) in [6.45, 7) is 10.4. The summed E-state index contributed by atoms with van der Waals surface area (Å²) >= 11 is 0. The molecular formula is C15H31N3O. The van der Waals surface area contributed by atoms with Gasteiger partial charge in [-0.2, -0.15) is 0 Å². The third-order valence-electron chi connectivity index (χ3n) is 3.93. The highest BCUT2D eigenvalue weighted by atomic mass is 16.1. The van der Waals surface area contributed by atoms with Crippen LogP contribution in [0.15, 0.2) is 0 Å². The number of nitrogens with two attached hydrogens (primary N) is 1. The van der Waals surface area contributed by atoms with E-state index >= 15 is 0 Å². The zero-order chi connectivity index (χ0) is 14.3. The number of piperidine rings is 1. The number of nitrogens with one attached hydrogen (secondary N) is 1. The normalized spacial score (nSPS) is 22.5. The lowest BCUT2D eigenvalue weighted by Gasteiger charge is -2.32. The molecule has 0 aromatic carbocycles. The van der Waals surface area contributed by atoms with Crippen molar-refractivity contribution in [3.05, 3.63) is 0 Å². The highest BCUT2D eigenvalue weighted by molar-refractivity contribution is 5.76. The second-order valence-corrected chi connectivity index (χ2v) is 6.24. The van der Waals surface area contributed by atoms with Gasteiger partial charge in [-0.25, -0.2) is 0 Å². The highest BCUT2D eigenvalue weighted by Crippen LogP contribution is 2.15. The minimum atomic E-state index is 0.180. The number of hydrogen-bond acceptors (Lipinski definition) is 3. The zero-order valence-corrected chi connectivity index (χ0v) is 12.8. The molecule has 0 aliphatic carbocycles. The molecule has 0 aromatic heterocycles. The Hall–Kier alpha value is -0.610. The molecule has 0 bridgehead atoms. The summed E-state index contributed by atoms with van der Waals surface area (Å²) in [5, 5.41) is 3.19. The molecule has 2 unspecified atom stereocenters. The lowest BCUT2D eigenvalue weighted by atomic mass is 9.93. The Morgan fingerprint density at radius 1 is 1.47 bits per heavy atom. The molecule has 4 nitrogen and oxygen atoms in total. The molecule has 0 radical (unpaired) electrons. The van der Waals surface area contributed by atoms with E-state index in [1.165, 1.54) is 13.0 Å². The Balaban J connectivity index is 2.33. The van der Waals surface area contributed by atoms with Crippen LogP contribution in [0.1, 0.15) is 46.5 Å². The Morgan fingerprint density at radius 2 is 2.21 bits per heavy atom. The van der Waals surface area contributed by atoms with E-state index in [2.05, 4.69) is 31.0 Å². The van der Waals surface area contributed by atoms with Crippen LogP contribution in [0.4, 0.5) is 0 Å². The monoisotopic (exact) mass is 269 g/mol. The Kier molecular flexibility index (Phi) is 7.39. The zero-order valence-electron chi connectivity index (χ0n) is 12.8. The number of likely N-dealkylation sites (tertiary alicyclic amines) is 1. The quantitative estimate of drug-likeness (QED) is 0.738. The first-order valence-electron chi connectivity index (χ1n) is 7.76. The van der Waals surface area contributed by atoms with Crippen LogP contribution >= 0.6 is 0 Å². The fourth-order valence-corrected chi connectivity index (χ4v) is 2.94. The minimum Gasteiger partial charge on any atom is -0.352 e. The van der Waals surface area contributed by atoms with Crippen molar-refractivity contribution in [3.63, 3.8) is 0 Å². The van der Waals surface area contributed by atoms with Gasteiger partial charge in [-0.3, -0.25) is 4.79 Å². The lowest BCUT2D eigenvalue weighted by Crippen LogP contribution is -2.48. The standard InChI is InChI=1S/C15H31N3O/c1-4-18-7-5-6-14(11-18)17-15(19)9-13(10-16)8-12(2)3/h12-14H,4-11,16H2,1-3H3,(H,17,19). The maximum absolute atomic E-state index is 12.1. The first-order chi connectivity index (χ1) is 9.05. The van der Waals surface area contributed by atoms with Gasteiger partial charge in [-0.05, 0) is 50.7 Å². The molecule has 4 heteroatoms. The molecule has 1 saturated heterocycles. The molecule has 1 amide bonds. The third-order valence-corrected chi connectivity index (χ3v) is 3.93. The van der Waals surface area contributed by atoms with E-state index in [-0.39, 0.29) is 5.91 Å². The average molecular weight is 269 g/mol. The van der Waals surface area contributed by atoms with E-state index < -0.39 is 0 Å². The number of carbonyl (C=O) groups is 1. The summed E-state index contributed by atoms with van der Waals surface area (Å²) < 4.78 is 0. The Morgan fingerprint density at radius 3 is 2.79 bits per heavy atom. The molecule has 0 aromatic rings. The fourth-order valence-electron chi connectivity index (χ4n) is 2.94. The van der Waals surface area contributed by atoms with Gasteiger partial charge in [0.2, 0.25) is 5.91 Å². The summed E-state index contributed by atoms with van der Waals surface area (Å²) in [6, 6.07) is 0.332. The largest absolute Gasteiger partial charge is 0.352 e. The van der Waals surface area contributed by atoms with Crippen LogP contribution in [0.3, 0.4) is 0 Å². The molecule has 0 saturated carbocycles. The molecule has 3 N–H and O–H groups in total. The number of nitrogens with zero attached hydrogens (tertiary/aromatic N) is 1. The smallest absolute Gasteiger partial charge is 0.220 e. The van der Waals surface area contributed by atoms with Crippen molar-refractivity contribution in [2.45, 2.75) is 52.5 Å². The predicted octanol–water partition coefficient (Wildman–Crippen LogP) is 1.60. The van der Waals surface area contributed by atoms with Gasteiger partial charge >= 0.3 is 0 Å². The lowest BCUT2D eigenvalue weighted by molar-refractivity contribution is -0.123. The molecule has 1 aliphatic rings.